The second-order valence-electron chi connectivity index (χ2n) is 17.0. The van der Waals surface area contributed by atoms with Gasteiger partial charge in [0.15, 0.2) is 5.82 Å². The van der Waals surface area contributed by atoms with E-state index in [1.165, 1.54) is 44.2 Å². The average Bonchev–Trinajstić information content (AvgIpc) is 3.97. The van der Waals surface area contributed by atoms with Crippen LogP contribution in [0.3, 0.4) is 0 Å². The smallest absolute Gasteiger partial charge is 0.160 e. The molecule has 5 heteroatoms. The maximum absolute atomic E-state index is 7.13. The van der Waals surface area contributed by atoms with Crippen molar-refractivity contribution in [2.75, 3.05) is 4.90 Å². The SMILES string of the molecule is CC12C(c3cc(-c4ccccc4)nc(-c4ccccc4)n3)=Cc3c(oc4ccccc34)C1C1=C(CCc3ccccc31)N2c1ccc2c(c1)c1ccccc1n2-c1ccccc1. The lowest BCUT2D eigenvalue weighted by atomic mass is 9.68. The van der Waals surface area contributed by atoms with E-state index in [9.17, 15) is 0 Å². The van der Waals surface area contributed by atoms with Crippen LogP contribution < -0.4 is 4.90 Å². The number of allylic oxidation sites excluding steroid dienone is 1. The minimum atomic E-state index is -0.662. The number of rotatable bonds is 5. The molecular weight excluding hydrogens is 757 g/mol. The number of hydrogen-bond acceptors (Lipinski definition) is 4. The van der Waals surface area contributed by atoms with Gasteiger partial charge in [-0.05, 0) is 91.1 Å². The minimum Gasteiger partial charge on any atom is -0.460 e. The average molecular weight is 797 g/mol. The maximum atomic E-state index is 7.13. The van der Waals surface area contributed by atoms with Crippen molar-refractivity contribution < 1.29 is 4.42 Å². The molecule has 5 nitrogen and oxygen atoms in total. The second-order valence-corrected chi connectivity index (χ2v) is 17.0. The highest BCUT2D eigenvalue weighted by Crippen LogP contribution is 2.64. The van der Waals surface area contributed by atoms with E-state index in [2.05, 4.69) is 204 Å². The Morgan fingerprint density at radius 1 is 0.565 bits per heavy atom. The third-order valence-corrected chi connectivity index (χ3v) is 13.6. The van der Waals surface area contributed by atoms with Crippen LogP contribution in [0.1, 0.15) is 47.4 Å². The molecule has 0 radical (unpaired) electrons. The summed E-state index contributed by atoms with van der Waals surface area (Å²) in [4.78, 5) is 13.5. The Kier molecular flexibility index (Phi) is 7.56. The molecule has 294 valence electrons. The molecule has 0 saturated carbocycles. The van der Waals surface area contributed by atoms with Gasteiger partial charge in [0, 0.05) is 55.5 Å². The van der Waals surface area contributed by atoms with E-state index >= 15 is 0 Å². The molecule has 2 aliphatic carbocycles. The van der Waals surface area contributed by atoms with Crippen molar-refractivity contribution >= 4 is 55.7 Å². The molecule has 0 saturated heterocycles. The molecule has 0 spiro atoms. The molecule has 0 amide bonds. The van der Waals surface area contributed by atoms with E-state index in [1.54, 1.807) is 0 Å². The first-order valence-electron chi connectivity index (χ1n) is 21.6. The van der Waals surface area contributed by atoms with Crippen molar-refractivity contribution in [3.63, 3.8) is 0 Å². The van der Waals surface area contributed by atoms with Crippen LogP contribution >= 0.6 is 0 Å². The molecule has 4 heterocycles. The molecule has 13 rings (SSSR count). The van der Waals surface area contributed by atoms with Crippen LogP contribution in [0.25, 0.3) is 78.3 Å². The second kappa shape index (κ2) is 13.4. The van der Waals surface area contributed by atoms with Crippen LogP contribution in [0.15, 0.2) is 198 Å². The standard InChI is InChI=1S/C57H40N4O/c1-57-46(48-35-47(37-18-5-2-6-19-37)58-56(59-48)38-20-7-3-8-21-38)34-45-43-26-14-16-28-52(43)62-55(45)54(57)53-41-24-12-11-17-36(41)29-31-51(53)61(57)40-30-32-50-44(33-40)42-25-13-15-27-49(42)60(50)39-22-9-4-10-23-39/h2-28,30,32-35,54H,29,31H2,1H3. The third kappa shape index (κ3) is 5.02. The van der Waals surface area contributed by atoms with Gasteiger partial charge >= 0.3 is 0 Å². The van der Waals surface area contributed by atoms with Gasteiger partial charge < -0.3 is 13.9 Å². The first-order chi connectivity index (χ1) is 30.6. The number of para-hydroxylation sites is 3. The summed E-state index contributed by atoms with van der Waals surface area (Å²) in [6, 6.07) is 67.3. The summed E-state index contributed by atoms with van der Waals surface area (Å²) in [6.07, 6.45) is 4.25. The molecule has 3 aliphatic rings. The summed E-state index contributed by atoms with van der Waals surface area (Å²) in [5, 5.41) is 3.56. The summed E-state index contributed by atoms with van der Waals surface area (Å²) in [7, 11) is 0. The van der Waals surface area contributed by atoms with E-state index in [0.29, 0.717) is 5.82 Å². The molecule has 2 unspecified atom stereocenters. The summed E-state index contributed by atoms with van der Waals surface area (Å²) in [5.41, 5.74) is 16.4. The number of furan rings is 1. The Morgan fingerprint density at radius 2 is 1.23 bits per heavy atom. The number of fused-ring (bicyclic) bond motifs is 11. The molecule has 10 aromatic rings. The zero-order valence-electron chi connectivity index (χ0n) is 34.2. The molecule has 3 aromatic heterocycles. The van der Waals surface area contributed by atoms with E-state index < -0.39 is 5.54 Å². The number of anilines is 1. The molecule has 0 N–H and O–H groups in total. The van der Waals surface area contributed by atoms with Crippen molar-refractivity contribution in [3.8, 4) is 28.3 Å². The third-order valence-electron chi connectivity index (χ3n) is 13.6. The van der Waals surface area contributed by atoms with Gasteiger partial charge in [-0.15, -0.1) is 0 Å². The van der Waals surface area contributed by atoms with Gasteiger partial charge in [-0.1, -0.05) is 140 Å². The van der Waals surface area contributed by atoms with Crippen LogP contribution in [-0.2, 0) is 6.42 Å². The normalized spacial score (nSPS) is 17.9. The van der Waals surface area contributed by atoms with Gasteiger partial charge in [0.25, 0.3) is 0 Å². The highest BCUT2D eigenvalue weighted by atomic mass is 16.3. The Balaban J connectivity index is 1.12. The van der Waals surface area contributed by atoms with E-state index in [1.807, 2.05) is 6.07 Å². The van der Waals surface area contributed by atoms with Gasteiger partial charge in [0.2, 0.25) is 0 Å². The molecule has 7 aromatic carbocycles. The fraction of sp³-hybridized carbons (Fsp3) is 0.0877. The fourth-order valence-electron chi connectivity index (χ4n) is 11.0. The number of aryl methyl sites for hydroxylation is 1. The van der Waals surface area contributed by atoms with Gasteiger partial charge in [-0.3, -0.25) is 0 Å². The summed E-state index contributed by atoms with van der Waals surface area (Å²) in [6.45, 7) is 2.44. The Morgan fingerprint density at radius 3 is 2.05 bits per heavy atom. The molecule has 0 bridgehead atoms. The zero-order chi connectivity index (χ0) is 40.9. The first-order valence-corrected chi connectivity index (χ1v) is 21.6. The van der Waals surface area contributed by atoms with Crippen LogP contribution in [0.4, 0.5) is 5.69 Å². The van der Waals surface area contributed by atoms with Crippen molar-refractivity contribution in [3.05, 3.63) is 222 Å². The lowest BCUT2D eigenvalue weighted by molar-refractivity contribution is 0.454. The van der Waals surface area contributed by atoms with Crippen molar-refractivity contribution in [1.29, 1.82) is 0 Å². The van der Waals surface area contributed by atoms with Crippen LogP contribution in [0.5, 0.6) is 0 Å². The Labute approximate surface area is 359 Å². The van der Waals surface area contributed by atoms with Gasteiger partial charge in [0.1, 0.15) is 11.3 Å². The molecule has 62 heavy (non-hydrogen) atoms. The summed E-state index contributed by atoms with van der Waals surface area (Å²) in [5.74, 6) is 1.57. The maximum Gasteiger partial charge on any atom is 0.160 e. The Hall–Kier alpha value is -7.76. The van der Waals surface area contributed by atoms with Gasteiger partial charge in [0.05, 0.1) is 33.9 Å². The molecule has 1 aliphatic heterocycles. The predicted molar refractivity (Wildman–Crippen MR) is 253 cm³/mol. The van der Waals surface area contributed by atoms with Gasteiger partial charge in [-0.2, -0.15) is 0 Å². The highest BCUT2D eigenvalue weighted by molar-refractivity contribution is 6.11. The Bertz CT molecular complexity index is 3430. The quantitative estimate of drug-likeness (QED) is 0.174. The van der Waals surface area contributed by atoms with E-state index in [4.69, 9.17) is 14.4 Å². The van der Waals surface area contributed by atoms with E-state index in [0.717, 1.165) is 74.6 Å². The monoisotopic (exact) mass is 796 g/mol. The van der Waals surface area contributed by atoms with Gasteiger partial charge in [-0.25, -0.2) is 9.97 Å². The number of hydrogen-bond donors (Lipinski definition) is 0. The largest absolute Gasteiger partial charge is 0.460 e. The number of nitrogens with zero attached hydrogens (tertiary/aromatic N) is 4. The van der Waals surface area contributed by atoms with Crippen molar-refractivity contribution in [1.82, 2.24) is 14.5 Å². The lowest BCUT2D eigenvalue weighted by Gasteiger charge is -2.45. The minimum absolute atomic E-state index is 0.141. The molecule has 0 fully saturated rings. The zero-order valence-corrected chi connectivity index (χ0v) is 34.2. The van der Waals surface area contributed by atoms with Crippen LogP contribution in [-0.4, -0.2) is 20.1 Å². The predicted octanol–water partition coefficient (Wildman–Crippen LogP) is 13.9. The highest BCUT2D eigenvalue weighted by Gasteiger charge is 2.58. The lowest BCUT2D eigenvalue weighted by Crippen LogP contribution is -2.48. The van der Waals surface area contributed by atoms with Crippen molar-refractivity contribution in [2.45, 2.75) is 31.2 Å². The summed E-state index contributed by atoms with van der Waals surface area (Å²) < 4.78 is 9.52. The number of benzene rings is 7. The fourth-order valence-corrected chi connectivity index (χ4v) is 11.0. The molecule has 2 atom stereocenters. The topological polar surface area (TPSA) is 47.1 Å². The molecular formula is C57H40N4O. The van der Waals surface area contributed by atoms with Crippen LogP contribution in [0.2, 0.25) is 0 Å². The van der Waals surface area contributed by atoms with Crippen LogP contribution in [0, 0.1) is 0 Å². The first kappa shape index (κ1) is 35.0. The number of aromatic nitrogens is 3. The summed E-state index contributed by atoms with van der Waals surface area (Å²) >= 11 is 0. The van der Waals surface area contributed by atoms with Crippen molar-refractivity contribution in [2.24, 2.45) is 0 Å². The van der Waals surface area contributed by atoms with E-state index in [-0.39, 0.29) is 5.92 Å².